The maximum Gasteiger partial charge on any atom is 0.268 e. The molecule has 2 aromatic heterocycles. The molecule has 2 heterocycles. The zero-order valence-electron chi connectivity index (χ0n) is 15.2. The van der Waals surface area contributed by atoms with E-state index in [0.29, 0.717) is 29.0 Å². The molecule has 0 aromatic carbocycles. The van der Waals surface area contributed by atoms with Crippen molar-refractivity contribution in [2.45, 2.75) is 19.3 Å². The lowest BCUT2D eigenvalue weighted by atomic mass is 10.3. The first kappa shape index (κ1) is 25.1. The summed E-state index contributed by atoms with van der Waals surface area (Å²) in [6, 6.07) is 1.74. The lowest BCUT2D eigenvalue weighted by molar-refractivity contribution is 0.0939. The third kappa shape index (κ3) is 7.80. The molecule has 2 rings (SSSR count). The predicted octanol–water partition coefficient (Wildman–Crippen LogP) is 5.08. The monoisotopic (exact) mass is 721 g/mol. The summed E-state index contributed by atoms with van der Waals surface area (Å²) in [5.74, 6) is -0.270. The van der Waals surface area contributed by atoms with Gasteiger partial charge in [-0.15, -0.1) is 0 Å². The van der Waals surface area contributed by atoms with Crippen molar-refractivity contribution in [3.8, 4) is 0 Å². The van der Waals surface area contributed by atoms with Crippen LogP contribution in [0.5, 0.6) is 0 Å². The second kappa shape index (κ2) is 12.7. The van der Waals surface area contributed by atoms with Gasteiger partial charge in [-0.3, -0.25) is 9.59 Å². The molecule has 0 fully saturated rings. The highest BCUT2D eigenvalue weighted by molar-refractivity contribution is 9.14. The van der Waals surface area contributed by atoms with Crippen molar-refractivity contribution in [1.29, 1.82) is 0 Å². The molecule has 160 valence electrons. The maximum atomic E-state index is 12.1. The van der Waals surface area contributed by atoms with Crippen LogP contribution in [0.25, 0.3) is 0 Å². The molecule has 2 amide bonds. The van der Waals surface area contributed by atoms with Crippen molar-refractivity contribution >= 4 is 91.5 Å². The van der Waals surface area contributed by atoms with Crippen LogP contribution < -0.4 is 16.0 Å². The van der Waals surface area contributed by atoms with Gasteiger partial charge in [-0.1, -0.05) is 0 Å². The molecule has 5 N–H and O–H groups in total. The third-order valence-corrected chi connectivity index (χ3v) is 8.95. The molecule has 0 aliphatic carbocycles. The van der Waals surface area contributed by atoms with Crippen LogP contribution in [0.4, 0.5) is 0 Å². The van der Waals surface area contributed by atoms with Gasteiger partial charge in [0.1, 0.15) is 11.4 Å². The van der Waals surface area contributed by atoms with Gasteiger partial charge in [-0.25, -0.2) is 0 Å². The molecule has 2 aromatic rings. The Morgan fingerprint density at radius 1 is 0.759 bits per heavy atom. The molecule has 0 spiro atoms. The number of aromatic nitrogens is 2. The minimum Gasteiger partial charge on any atom is -0.351 e. The highest BCUT2D eigenvalue weighted by atomic mass is 79.9. The number of amides is 2. The lowest BCUT2D eigenvalue weighted by Gasteiger charge is -2.07. The van der Waals surface area contributed by atoms with Gasteiger partial charge in [0, 0.05) is 13.1 Å². The molecule has 0 bridgehead atoms. The van der Waals surface area contributed by atoms with Crippen LogP contribution in [0, 0.1) is 0 Å². The second-order valence-corrected chi connectivity index (χ2v) is 10.1. The minimum atomic E-state index is -0.145. The molecule has 0 aliphatic heterocycles. The minimum absolute atomic E-state index is 0.125. The Morgan fingerprint density at radius 2 is 1.38 bits per heavy atom. The Balaban J connectivity index is 1.48. The Bertz CT molecular complexity index is 832. The van der Waals surface area contributed by atoms with E-state index >= 15 is 0 Å². The molecule has 0 saturated carbocycles. The molecular formula is C17H20Br5N5O2. The number of unbranched alkanes of at least 4 members (excludes halogenated alkanes) is 1. The summed E-state index contributed by atoms with van der Waals surface area (Å²) in [6.07, 6.45) is 2.68. The Labute approximate surface area is 211 Å². The van der Waals surface area contributed by atoms with Gasteiger partial charge in [0.05, 0.1) is 22.6 Å². The van der Waals surface area contributed by atoms with E-state index in [1.165, 1.54) is 0 Å². The van der Waals surface area contributed by atoms with E-state index in [9.17, 15) is 9.59 Å². The van der Waals surface area contributed by atoms with Crippen LogP contribution in [-0.4, -0.2) is 48.0 Å². The van der Waals surface area contributed by atoms with Gasteiger partial charge in [-0.05, 0) is 118 Å². The number of nitrogens with one attached hydrogen (secondary N) is 5. The smallest absolute Gasteiger partial charge is 0.268 e. The average Bonchev–Trinajstić information content (AvgIpc) is 3.16. The van der Waals surface area contributed by atoms with E-state index < -0.39 is 0 Å². The maximum absolute atomic E-state index is 12.1. The van der Waals surface area contributed by atoms with Gasteiger partial charge in [0.15, 0.2) is 0 Å². The number of hydrogen-bond acceptors (Lipinski definition) is 3. The fraction of sp³-hybridized carbons (Fsp3) is 0.412. The van der Waals surface area contributed by atoms with Gasteiger partial charge < -0.3 is 25.9 Å². The van der Waals surface area contributed by atoms with E-state index in [1.54, 1.807) is 6.07 Å². The highest BCUT2D eigenvalue weighted by Crippen LogP contribution is 2.33. The first-order valence-electron chi connectivity index (χ1n) is 8.84. The summed E-state index contributed by atoms with van der Waals surface area (Å²) in [6.45, 7) is 2.90. The molecule has 0 saturated heterocycles. The number of hydrogen-bond donors (Lipinski definition) is 5. The summed E-state index contributed by atoms with van der Waals surface area (Å²) < 4.78 is 3.79. The number of rotatable bonds is 11. The van der Waals surface area contributed by atoms with Crippen LogP contribution in [-0.2, 0) is 0 Å². The first-order valence-corrected chi connectivity index (χ1v) is 12.8. The van der Waals surface area contributed by atoms with E-state index in [1.807, 2.05) is 0 Å². The number of H-pyrrole nitrogens is 2. The van der Waals surface area contributed by atoms with Gasteiger partial charge >= 0.3 is 0 Å². The zero-order chi connectivity index (χ0) is 21.4. The topological polar surface area (TPSA) is 102 Å². The van der Waals surface area contributed by atoms with Gasteiger partial charge in [0.25, 0.3) is 11.8 Å². The fourth-order valence-electron chi connectivity index (χ4n) is 2.41. The van der Waals surface area contributed by atoms with Crippen molar-refractivity contribution < 1.29 is 9.59 Å². The van der Waals surface area contributed by atoms with E-state index in [4.69, 9.17) is 0 Å². The summed E-state index contributed by atoms with van der Waals surface area (Å²) >= 11 is 16.8. The summed E-state index contributed by atoms with van der Waals surface area (Å²) in [7, 11) is 0. The van der Waals surface area contributed by atoms with Crippen LogP contribution >= 0.6 is 79.6 Å². The predicted molar refractivity (Wildman–Crippen MR) is 131 cm³/mol. The summed E-state index contributed by atoms with van der Waals surface area (Å²) in [5, 5.41) is 9.11. The fourth-order valence-corrected chi connectivity index (χ4v) is 4.50. The Kier molecular flexibility index (Phi) is 11.0. The molecule has 0 aliphatic rings. The van der Waals surface area contributed by atoms with Gasteiger partial charge in [0.2, 0.25) is 0 Å². The number of carbonyl (C=O) groups excluding carboxylic acids is 2. The second-order valence-electron chi connectivity index (χ2n) is 6.11. The van der Waals surface area contributed by atoms with Crippen molar-refractivity contribution in [2.24, 2.45) is 0 Å². The molecule has 7 nitrogen and oxygen atoms in total. The van der Waals surface area contributed by atoms with Crippen LogP contribution in [0.15, 0.2) is 28.7 Å². The van der Waals surface area contributed by atoms with Crippen LogP contribution in [0.2, 0.25) is 0 Å². The van der Waals surface area contributed by atoms with Gasteiger partial charge in [-0.2, -0.15) is 0 Å². The SMILES string of the molecule is O=C(NCCCNCCCCNC(=O)c1[nH]c(Br)c(Br)c1Br)c1cc(Br)c(Br)[nH]1. The molecular weight excluding hydrogens is 706 g/mol. The van der Waals surface area contributed by atoms with E-state index in [0.717, 1.165) is 50.5 Å². The van der Waals surface area contributed by atoms with Crippen molar-refractivity contribution in [2.75, 3.05) is 26.2 Å². The Hall–Kier alpha value is -0.140. The highest BCUT2D eigenvalue weighted by Gasteiger charge is 2.17. The van der Waals surface area contributed by atoms with Crippen molar-refractivity contribution in [1.82, 2.24) is 25.9 Å². The average molecular weight is 726 g/mol. The summed E-state index contributed by atoms with van der Waals surface area (Å²) in [5.41, 5.74) is 1.01. The Morgan fingerprint density at radius 3 is 2.00 bits per heavy atom. The largest absolute Gasteiger partial charge is 0.351 e. The summed E-state index contributed by atoms with van der Waals surface area (Å²) in [4.78, 5) is 30.0. The van der Waals surface area contributed by atoms with Crippen LogP contribution in [0.3, 0.4) is 0 Å². The number of halogens is 5. The van der Waals surface area contributed by atoms with Crippen LogP contribution in [0.1, 0.15) is 40.2 Å². The normalized spacial score (nSPS) is 10.9. The quantitative estimate of drug-likeness (QED) is 0.209. The molecule has 0 atom stereocenters. The lowest BCUT2D eigenvalue weighted by Crippen LogP contribution is -2.28. The molecule has 0 unspecified atom stereocenters. The standard InChI is InChI=1S/C17H20Br5N5O2/c18-9-8-10(26-14(9)21)16(28)24-7-3-5-23-4-1-2-6-25-17(29)13-11(19)12(20)15(22)27-13/h8,23,26-27H,1-7H2,(H,24,28)(H,25,29). The molecule has 0 radical (unpaired) electrons. The van der Waals surface area contributed by atoms with E-state index in [-0.39, 0.29) is 11.8 Å². The zero-order valence-corrected chi connectivity index (χ0v) is 23.2. The third-order valence-electron chi connectivity index (χ3n) is 3.92. The van der Waals surface area contributed by atoms with E-state index in [2.05, 4.69) is 106 Å². The number of carbonyl (C=O) groups is 2. The first-order chi connectivity index (χ1) is 13.8. The van der Waals surface area contributed by atoms with Crippen molar-refractivity contribution in [3.63, 3.8) is 0 Å². The van der Waals surface area contributed by atoms with Crippen molar-refractivity contribution in [3.05, 3.63) is 40.1 Å². The number of aromatic amines is 2. The molecule has 12 heteroatoms. The molecule has 29 heavy (non-hydrogen) atoms.